The Hall–Kier alpha value is -0.860. The molecule has 80 valence electrons. The van der Waals surface area contributed by atoms with Crippen molar-refractivity contribution in [3.05, 3.63) is 34.3 Å². The van der Waals surface area contributed by atoms with Crippen molar-refractivity contribution in [3.8, 4) is 0 Å². The van der Waals surface area contributed by atoms with Gasteiger partial charge in [0.25, 0.3) is 0 Å². The van der Waals surface area contributed by atoms with Gasteiger partial charge < -0.3 is 5.73 Å². The maximum atomic E-state index is 10.3. The molecule has 0 saturated carbocycles. The molecule has 0 spiro atoms. The van der Waals surface area contributed by atoms with Crippen LogP contribution in [0.15, 0.2) is 18.2 Å². The lowest BCUT2D eigenvalue weighted by Crippen LogP contribution is -1.82. The summed E-state index contributed by atoms with van der Waals surface area (Å²) in [5.74, 6) is 0. The number of nitrogens with two attached hydrogens (primary N) is 1. The van der Waals surface area contributed by atoms with Crippen LogP contribution < -0.4 is 5.73 Å². The van der Waals surface area contributed by atoms with Gasteiger partial charge in [-0.05, 0) is 26.1 Å². The number of hydrogen-bond acceptors (Lipinski definition) is 2. The first-order chi connectivity index (χ1) is 6.74. The van der Waals surface area contributed by atoms with Gasteiger partial charge in [0.2, 0.25) is 0 Å². The van der Waals surface area contributed by atoms with Crippen molar-refractivity contribution in [2.75, 3.05) is 7.05 Å². The number of aldehydes is 1. The van der Waals surface area contributed by atoms with E-state index in [4.69, 9.17) is 11.6 Å². The number of benzene rings is 1. The van der Waals surface area contributed by atoms with Crippen LogP contribution in [0.1, 0.15) is 29.8 Å². The minimum Gasteiger partial charge on any atom is -0.333 e. The molecule has 0 fully saturated rings. The Morgan fingerprint density at radius 2 is 1.79 bits per heavy atom. The van der Waals surface area contributed by atoms with E-state index in [1.54, 1.807) is 12.1 Å². The Morgan fingerprint density at radius 3 is 2.14 bits per heavy atom. The third-order valence-electron chi connectivity index (χ3n) is 1.28. The Balaban J connectivity index is 0. The minimum atomic E-state index is 0.514. The van der Waals surface area contributed by atoms with Crippen LogP contribution in [0.25, 0.3) is 0 Å². The SMILES string of the molecule is CC.CN.Cc1ccc(Cl)c(C=O)c1. The summed E-state index contributed by atoms with van der Waals surface area (Å²) in [7, 11) is 1.50. The molecule has 0 aliphatic rings. The van der Waals surface area contributed by atoms with Crippen molar-refractivity contribution in [2.45, 2.75) is 20.8 Å². The van der Waals surface area contributed by atoms with Crippen LogP contribution in [0.4, 0.5) is 0 Å². The molecular formula is C11H18ClNO. The van der Waals surface area contributed by atoms with Crippen molar-refractivity contribution in [3.63, 3.8) is 0 Å². The maximum Gasteiger partial charge on any atom is 0.151 e. The van der Waals surface area contributed by atoms with Crippen molar-refractivity contribution < 1.29 is 4.79 Å². The molecule has 0 bridgehead atoms. The topological polar surface area (TPSA) is 43.1 Å². The molecule has 0 amide bonds. The molecule has 0 saturated heterocycles. The van der Waals surface area contributed by atoms with Gasteiger partial charge in [-0.3, -0.25) is 4.79 Å². The summed E-state index contributed by atoms with van der Waals surface area (Å²) in [5, 5.41) is 0.514. The van der Waals surface area contributed by atoms with Gasteiger partial charge in [0.1, 0.15) is 0 Å². The molecule has 14 heavy (non-hydrogen) atoms. The Bertz CT molecular complexity index is 261. The fourth-order valence-corrected chi connectivity index (χ4v) is 0.916. The highest BCUT2D eigenvalue weighted by Crippen LogP contribution is 2.14. The van der Waals surface area contributed by atoms with Gasteiger partial charge >= 0.3 is 0 Å². The van der Waals surface area contributed by atoms with Gasteiger partial charge in [0.05, 0.1) is 5.02 Å². The Kier molecular flexibility index (Phi) is 11.4. The molecule has 0 aliphatic heterocycles. The standard InChI is InChI=1S/C8H7ClO.C2H6.CH5N/c1-6-2-3-8(9)7(4-6)5-10;2*1-2/h2-5H,1H3;1-2H3;2H2,1H3. The number of halogens is 1. The fraction of sp³-hybridized carbons (Fsp3) is 0.364. The molecule has 0 radical (unpaired) electrons. The molecule has 1 aromatic carbocycles. The second-order valence-corrected chi connectivity index (χ2v) is 2.55. The summed E-state index contributed by atoms with van der Waals surface area (Å²) in [4.78, 5) is 10.3. The minimum absolute atomic E-state index is 0.514. The van der Waals surface area contributed by atoms with E-state index in [0.29, 0.717) is 10.6 Å². The zero-order valence-corrected chi connectivity index (χ0v) is 9.93. The molecule has 3 heteroatoms. The van der Waals surface area contributed by atoms with Gasteiger partial charge in [-0.15, -0.1) is 0 Å². The second kappa shape index (κ2) is 10.2. The number of rotatable bonds is 1. The monoisotopic (exact) mass is 215 g/mol. The summed E-state index contributed by atoms with van der Waals surface area (Å²) < 4.78 is 0. The molecular weight excluding hydrogens is 198 g/mol. The number of carbonyl (C=O) groups excluding carboxylic acids is 1. The van der Waals surface area contributed by atoms with E-state index < -0.39 is 0 Å². The Labute approximate surface area is 91.1 Å². The van der Waals surface area contributed by atoms with Crippen LogP contribution in [0.5, 0.6) is 0 Å². The smallest absolute Gasteiger partial charge is 0.151 e. The summed E-state index contributed by atoms with van der Waals surface area (Å²) in [5.41, 5.74) is 6.10. The van der Waals surface area contributed by atoms with E-state index in [0.717, 1.165) is 11.8 Å². The molecule has 0 aliphatic carbocycles. The Morgan fingerprint density at radius 1 is 1.29 bits per heavy atom. The van der Waals surface area contributed by atoms with Gasteiger partial charge in [0, 0.05) is 5.56 Å². The molecule has 1 aromatic rings. The lowest BCUT2D eigenvalue weighted by Gasteiger charge is -1.95. The van der Waals surface area contributed by atoms with Crippen LogP contribution in [-0.2, 0) is 0 Å². The first-order valence-corrected chi connectivity index (χ1v) is 4.91. The van der Waals surface area contributed by atoms with Crippen LogP contribution in [-0.4, -0.2) is 13.3 Å². The molecule has 1 rings (SSSR count). The maximum absolute atomic E-state index is 10.3. The zero-order valence-electron chi connectivity index (χ0n) is 9.17. The number of carbonyl (C=O) groups is 1. The average Bonchev–Trinajstić information content (AvgIpc) is 2.27. The fourth-order valence-electron chi connectivity index (χ4n) is 0.753. The largest absolute Gasteiger partial charge is 0.333 e. The lowest BCUT2D eigenvalue weighted by molar-refractivity contribution is 0.112. The van der Waals surface area contributed by atoms with Crippen molar-refractivity contribution in [2.24, 2.45) is 5.73 Å². The molecule has 0 atom stereocenters. The second-order valence-electron chi connectivity index (χ2n) is 2.14. The number of hydrogen-bond donors (Lipinski definition) is 1. The summed E-state index contributed by atoms with van der Waals surface area (Å²) >= 11 is 5.67. The quantitative estimate of drug-likeness (QED) is 0.732. The zero-order chi connectivity index (χ0) is 11.6. The van der Waals surface area contributed by atoms with E-state index in [2.05, 4.69) is 5.73 Å². The molecule has 0 aromatic heterocycles. The molecule has 0 unspecified atom stereocenters. The van der Waals surface area contributed by atoms with Gasteiger partial charge in [-0.2, -0.15) is 0 Å². The van der Waals surface area contributed by atoms with Crippen molar-refractivity contribution in [1.82, 2.24) is 0 Å². The van der Waals surface area contributed by atoms with Crippen LogP contribution in [0, 0.1) is 6.92 Å². The highest BCUT2D eigenvalue weighted by Gasteiger charge is 1.96. The third kappa shape index (κ3) is 5.73. The first-order valence-electron chi connectivity index (χ1n) is 4.53. The van der Waals surface area contributed by atoms with Gasteiger partial charge in [-0.1, -0.05) is 37.1 Å². The van der Waals surface area contributed by atoms with Gasteiger partial charge in [-0.25, -0.2) is 0 Å². The van der Waals surface area contributed by atoms with E-state index in [-0.39, 0.29) is 0 Å². The van der Waals surface area contributed by atoms with E-state index in [9.17, 15) is 4.79 Å². The summed E-state index contributed by atoms with van der Waals surface area (Å²) in [6.07, 6.45) is 0.759. The van der Waals surface area contributed by atoms with Crippen LogP contribution in [0.2, 0.25) is 5.02 Å². The van der Waals surface area contributed by atoms with E-state index in [1.807, 2.05) is 26.8 Å². The summed E-state index contributed by atoms with van der Waals surface area (Å²) in [6.45, 7) is 5.92. The van der Waals surface area contributed by atoms with Crippen LogP contribution >= 0.6 is 11.6 Å². The normalized spacial score (nSPS) is 7.57. The van der Waals surface area contributed by atoms with Crippen LogP contribution in [0.3, 0.4) is 0 Å². The molecule has 2 N–H and O–H groups in total. The van der Waals surface area contributed by atoms with E-state index >= 15 is 0 Å². The van der Waals surface area contributed by atoms with Crippen molar-refractivity contribution in [1.29, 1.82) is 0 Å². The lowest BCUT2D eigenvalue weighted by atomic mass is 10.2. The van der Waals surface area contributed by atoms with Crippen molar-refractivity contribution >= 4 is 17.9 Å². The van der Waals surface area contributed by atoms with Gasteiger partial charge in [0.15, 0.2) is 6.29 Å². The average molecular weight is 216 g/mol. The third-order valence-corrected chi connectivity index (χ3v) is 1.62. The highest BCUT2D eigenvalue weighted by molar-refractivity contribution is 6.32. The summed E-state index contributed by atoms with van der Waals surface area (Å²) in [6, 6.07) is 5.35. The number of aryl methyl sites for hydroxylation is 1. The highest BCUT2D eigenvalue weighted by atomic mass is 35.5. The van der Waals surface area contributed by atoms with E-state index in [1.165, 1.54) is 7.05 Å². The first kappa shape index (κ1) is 15.6. The molecule has 2 nitrogen and oxygen atoms in total. The predicted molar refractivity (Wildman–Crippen MR) is 63.0 cm³/mol. The predicted octanol–water partition coefficient (Wildman–Crippen LogP) is 3.06. The molecule has 0 heterocycles.